The summed E-state index contributed by atoms with van der Waals surface area (Å²) in [6, 6.07) is 0. The number of anilines is 1. The van der Waals surface area contributed by atoms with E-state index in [4.69, 9.17) is 11.6 Å². The molecular weight excluding hydrogens is 383 g/mol. The third-order valence-electron chi connectivity index (χ3n) is 2.23. The van der Waals surface area contributed by atoms with Crippen LogP contribution in [0.3, 0.4) is 0 Å². The van der Waals surface area contributed by atoms with E-state index >= 15 is 0 Å². The van der Waals surface area contributed by atoms with E-state index in [0.717, 1.165) is 33.1 Å². The van der Waals surface area contributed by atoms with E-state index in [1.807, 2.05) is 6.92 Å². The zero-order valence-electron chi connectivity index (χ0n) is 10.00. The second kappa shape index (κ2) is 6.12. The number of halogens is 2. The maximum atomic E-state index is 5.89. The van der Waals surface area contributed by atoms with E-state index in [1.54, 1.807) is 6.20 Å². The van der Waals surface area contributed by atoms with Crippen LogP contribution in [0.25, 0.3) is 10.8 Å². The third-order valence-corrected chi connectivity index (χ3v) is 4.63. The van der Waals surface area contributed by atoms with Crippen molar-refractivity contribution in [3.8, 4) is 10.8 Å². The Balaban J connectivity index is 2.40. The predicted octanol–water partition coefficient (Wildman–Crippen LogP) is 3.99. The highest BCUT2D eigenvalue weighted by molar-refractivity contribution is 14.1. The van der Waals surface area contributed by atoms with Crippen molar-refractivity contribution in [3.63, 3.8) is 0 Å². The fourth-order valence-corrected chi connectivity index (χ4v) is 2.65. The van der Waals surface area contributed by atoms with Crippen LogP contribution in [0.15, 0.2) is 6.20 Å². The van der Waals surface area contributed by atoms with Crippen LogP contribution in [0, 0.1) is 10.5 Å². The van der Waals surface area contributed by atoms with Crippen molar-refractivity contribution in [1.82, 2.24) is 15.0 Å². The van der Waals surface area contributed by atoms with E-state index in [9.17, 15) is 0 Å². The molecule has 0 atom stereocenters. The van der Waals surface area contributed by atoms with Gasteiger partial charge in [0.15, 0.2) is 10.8 Å². The summed E-state index contributed by atoms with van der Waals surface area (Å²) >= 11 is 9.53. The zero-order valence-corrected chi connectivity index (χ0v) is 13.7. The molecule has 2 rings (SSSR count). The number of thiazole rings is 1. The van der Waals surface area contributed by atoms with Gasteiger partial charge in [0.2, 0.25) is 0 Å². The molecule has 0 saturated carbocycles. The second-order valence-corrected chi connectivity index (χ2v) is 6.43. The standard InChI is InChI=1S/C11H12ClIN4S/c1-3-4-14-9-8(13)6(2)16-10(17-9)11-15-5-7(12)18-11/h5H,3-4H2,1-2H3,(H,14,16,17). The highest BCUT2D eigenvalue weighted by atomic mass is 127. The summed E-state index contributed by atoms with van der Waals surface area (Å²) in [6.45, 7) is 4.99. The number of aromatic nitrogens is 3. The van der Waals surface area contributed by atoms with E-state index in [2.05, 4.69) is 49.8 Å². The monoisotopic (exact) mass is 394 g/mol. The van der Waals surface area contributed by atoms with Gasteiger partial charge < -0.3 is 5.32 Å². The Morgan fingerprint density at radius 2 is 2.22 bits per heavy atom. The molecule has 96 valence electrons. The lowest BCUT2D eigenvalue weighted by Crippen LogP contribution is -2.07. The van der Waals surface area contributed by atoms with Gasteiger partial charge in [-0.05, 0) is 35.9 Å². The third kappa shape index (κ3) is 3.10. The molecule has 0 radical (unpaired) electrons. The summed E-state index contributed by atoms with van der Waals surface area (Å²) in [7, 11) is 0. The lowest BCUT2D eigenvalue weighted by molar-refractivity contribution is 0.958. The minimum atomic E-state index is 0.628. The van der Waals surface area contributed by atoms with Crippen LogP contribution < -0.4 is 5.32 Å². The Labute approximate surface area is 128 Å². The van der Waals surface area contributed by atoms with Gasteiger partial charge in [0, 0.05) is 6.54 Å². The molecule has 0 fully saturated rings. The molecule has 7 heteroatoms. The largest absolute Gasteiger partial charge is 0.369 e. The fraction of sp³-hybridized carbons (Fsp3) is 0.364. The Morgan fingerprint density at radius 1 is 1.44 bits per heavy atom. The average Bonchev–Trinajstić information content (AvgIpc) is 2.77. The van der Waals surface area contributed by atoms with Gasteiger partial charge in [-0.3, -0.25) is 0 Å². The van der Waals surface area contributed by atoms with Crippen molar-refractivity contribution in [2.75, 3.05) is 11.9 Å². The summed E-state index contributed by atoms with van der Waals surface area (Å²) in [6.07, 6.45) is 2.68. The van der Waals surface area contributed by atoms with Crippen molar-refractivity contribution in [2.24, 2.45) is 0 Å². The molecule has 0 aliphatic carbocycles. The Bertz CT molecular complexity index is 558. The number of nitrogens with zero attached hydrogens (tertiary/aromatic N) is 3. The molecular formula is C11H12ClIN4S. The summed E-state index contributed by atoms with van der Waals surface area (Å²) in [5.41, 5.74) is 0.950. The average molecular weight is 395 g/mol. The highest BCUT2D eigenvalue weighted by Crippen LogP contribution is 2.28. The van der Waals surface area contributed by atoms with Gasteiger partial charge in [-0.1, -0.05) is 29.9 Å². The molecule has 0 aliphatic rings. The topological polar surface area (TPSA) is 50.7 Å². The summed E-state index contributed by atoms with van der Waals surface area (Å²) in [5, 5.41) is 4.05. The quantitative estimate of drug-likeness (QED) is 0.797. The molecule has 2 aromatic heterocycles. The summed E-state index contributed by atoms with van der Waals surface area (Å²) in [4.78, 5) is 13.2. The molecule has 1 N–H and O–H groups in total. The van der Waals surface area contributed by atoms with Gasteiger partial charge in [-0.25, -0.2) is 15.0 Å². The van der Waals surface area contributed by atoms with Gasteiger partial charge in [0.1, 0.15) is 10.2 Å². The maximum Gasteiger partial charge on any atom is 0.191 e. The van der Waals surface area contributed by atoms with Crippen LogP contribution in [0.2, 0.25) is 4.34 Å². The van der Waals surface area contributed by atoms with Crippen molar-refractivity contribution in [1.29, 1.82) is 0 Å². The molecule has 2 aromatic rings. The summed E-state index contributed by atoms with van der Waals surface area (Å²) in [5.74, 6) is 1.50. The zero-order chi connectivity index (χ0) is 13.1. The molecule has 0 spiro atoms. The van der Waals surface area contributed by atoms with E-state index < -0.39 is 0 Å². The number of rotatable bonds is 4. The first-order chi connectivity index (χ1) is 8.61. The normalized spacial score (nSPS) is 10.7. The number of aryl methyl sites for hydroxylation is 1. The fourth-order valence-electron chi connectivity index (χ4n) is 1.37. The first kappa shape index (κ1) is 14.0. The molecule has 18 heavy (non-hydrogen) atoms. The highest BCUT2D eigenvalue weighted by Gasteiger charge is 2.12. The van der Waals surface area contributed by atoms with Crippen molar-refractivity contribution < 1.29 is 0 Å². The number of hydrogen-bond acceptors (Lipinski definition) is 5. The maximum absolute atomic E-state index is 5.89. The first-order valence-corrected chi connectivity index (χ1v) is 7.78. The van der Waals surface area contributed by atoms with Crippen LogP contribution in [0.5, 0.6) is 0 Å². The molecule has 2 heterocycles. The van der Waals surface area contributed by atoms with Crippen molar-refractivity contribution in [2.45, 2.75) is 20.3 Å². The number of hydrogen-bond donors (Lipinski definition) is 1. The van der Waals surface area contributed by atoms with Gasteiger partial charge >= 0.3 is 0 Å². The summed E-state index contributed by atoms with van der Waals surface area (Å²) < 4.78 is 1.69. The number of nitrogens with one attached hydrogen (secondary N) is 1. The van der Waals surface area contributed by atoms with E-state index in [1.165, 1.54) is 11.3 Å². The Kier molecular flexibility index (Phi) is 4.74. The lowest BCUT2D eigenvalue weighted by Gasteiger charge is -2.09. The van der Waals surface area contributed by atoms with Crippen LogP contribution >= 0.6 is 45.5 Å². The molecule has 0 aliphatic heterocycles. The predicted molar refractivity (Wildman–Crippen MR) is 84.4 cm³/mol. The molecule has 0 bridgehead atoms. The molecule has 0 amide bonds. The van der Waals surface area contributed by atoms with Crippen molar-refractivity contribution in [3.05, 3.63) is 19.8 Å². The Hall–Kier alpha value is -0.470. The first-order valence-electron chi connectivity index (χ1n) is 5.51. The van der Waals surface area contributed by atoms with Crippen LogP contribution in [0.4, 0.5) is 5.82 Å². The van der Waals surface area contributed by atoms with E-state index in [-0.39, 0.29) is 0 Å². The molecule has 0 unspecified atom stereocenters. The molecule has 4 nitrogen and oxygen atoms in total. The van der Waals surface area contributed by atoms with Crippen LogP contribution in [0.1, 0.15) is 19.0 Å². The van der Waals surface area contributed by atoms with Crippen LogP contribution in [-0.2, 0) is 0 Å². The van der Waals surface area contributed by atoms with Gasteiger partial charge in [-0.15, -0.1) is 0 Å². The minimum Gasteiger partial charge on any atom is -0.369 e. The smallest absolute Gasteiger partial charge is 0.191 e. The Morgan fingerprint density at radius 3 is 2.83 bits per heavy atom. The van der Waals surface area contributed by atoms with Gasteiger partial charge in [0.05, 0.1) is 15.5 Å². The minimum absolute atomic E-state index is 0.628. The van der Waals surface area contributed by atoms with Crippen molar-refractivity contribution >= 4 is 51.3 Å². The van der Waals surface area contributed by atoms with Gasteiger partial charge in [0.25, 0.3) is 0 Å². The van der Waals surface area contributed by atoms with Crippen LogP contribution in [-0.4, -0.2) is 21.5 Å². The van der Waals surface area contributed by atoms with Gasteiger partial charge in [-0.2, -0.15) is 0 Å². The van der Waals surface area contributed by atoms with E-state index in [0.29, 0.717) is 10.2 Å². The lowest BCUT2D eigenvalue weighted by atomic mass is 10.4. The molecule has 0 aromatic carbocycles. The molecule has 0 saturated heterocycles. The second-order valence-electron chi connectivity index (χ2n) is 3.69. The SMILES string of the molecule is CCCNc1nc(-c2ncc(Cl)s2)nc(C)c1I.